The van der Waals surface area contributed by atoms with Crippen LogP contribution in [0.15, 0.2) is 17.1 Å². The number of rotatable bonds is 4. The van der Waals surface area contributed by atoms with E-state index < -0.39 is 28.6 Å². The summed E-state index contributed by atoms with van der Waals surface area (Å²) in [6.07, 6.45) is 0.723. The third-order valence-corrected chi connectivity index (χ3v) is 4.77. The fourth-order valence-corrected chi connectivity index (χ4v) is 3.37. The van der Waals surface area contributed by atoms with Gasteiger partial charge in [-0.25, -0.2) is 13.6 Å². The first kappa shape index (κ1) is 18.6. The van der Waals surface area contributed by atoms with Gasteiger partial charge in [0.2, 0.25) is 5.43 Å². The first-order chi connectivity index (χ1) is 12.4. The topological polar surface area (TPSA) is 71.8 Å². The third kappa shape index (κ3) is 3.03. The number of carboxylic acid groups (broad SMARTS) is 1. The summed E-state index contributed by atoms with van der Waals surface area (Å²) in [7, 11) is 0. The number of alkyl halides is 1. The highest BCUT2D eigenvalue weighted by atomic mass is 35.5. The summed E-state index contributed by atoms with van der Waals surface area (Å²) in [6, 6.07) is 0.903. The number of aromatic nitrogens is 1. The van der Waals surface area contributed by atoms with Crippen LogP contribution in [-0.2, 0) is 11.3 Å². The fraction of sp³-hybridized carbons (Fsp3) is 0.412. The molecule has 0 amide bonds. The number of anilines is 1. The van der Waals surface area contributed by atoms with E-state index in [4.69, 9.17) is 21.4 Å². The summed E-state index contributed by atoms with van der Waals surface area (Å²) in [4.78, 5) is 25.1. The number of ether oxygens (including phenoxy) is 1. The maximum absolute atomic E-state index is 15.2. The molecule has 1 N–H and O–H groups in total. The van der Waals surface area contributed by atoms with Crippen LogP contribution in [0.3, 0.4) is 0 Å². The van der Waals surface area contributed by atoms with Crippen molar-refractivity contribution in [1.29, 1.82) is 0 Å². The molecular weight excluding hydrogens is 370 g/mol. The molecule has 1 aromatic heterocycles. The number of nitrogens with zero attached hydrogens (tertiary/aromatic N) is 2. The maximum Gasteiger partial charge on any atom is 0.341 e. The Bertz CT molecular complexity index is 931. The van der Waals surface area contributed by atoms with E-state index in [9.17, 15) is 14.0 Å². The van der Waals surface area contributed by atoms with Gasteiger partial charge in [0.1, 0.15) is 17.1 Å². The lowest BCUT2D eigenvalue weighted by Crippen LogP contribution is -2.44. The van der Waals surface area contributed by atoms with E-state index in [1.54, 1.807) is 6.92 Å². The predicted octanol–water partition coefficient (Wildman–Crippen LogP) is 2.44. The normalized spacial score (nSPS) is 17.7. The van der Waals surface area contributed by atoms with Crippen molar-refractivity contribution in [3.05, 3.63) is 39.7 Å². The van der Waals surface area contributed by atoms with Crippen LogP contribution in [0.4, 0.5) is 14.5 Å². The van der Waals surface area contributed by atoms with E-state index in [1.165, 1.54) is 9.47 Å². The van der Waals surface area contributed by atoms with Gasteiger partial charge in [0, 0.05) is 25.8 Å². The standard InChI is InChI=1S/C17H17ClF2N2O4/c1-2-21-8-11(17(24)25)16(23)10-5-12(19)15(13(20)14(10)21)22-3-4-26-9(6-18)7-22/h5,8-9H,2-4,6-7H2,1H3,(H,24,25). The summed E-state index contributed by atoms with van der Waals surface area (Å²) >= 11 is 5.78. The molecule has 1 aromatic carbocycles. The van der Waals surface area contributed by atoms with Crippen molar-refractivity contribution >= 4 is 34.2 Å². The monoisotopic (exact) mass is 386 g/mol. The Balaban J connectivity index is 2.26. The van der Waals surface area contributed by atoms with Crippen LogP contribution in [0.5, 0.6) is 0 Å². The molecule has 2 aromatic rings. The average Bonchev–Trinajstić information content (AvgIpc) is 2.62. The number of carbonyl (C=O) groups is 1. The summed E-state index contributed by atoms with van der Waals surface area (Å²) in [5.41, 5.74) is -1.82. The van der Waals surface area contributed by atoms with Crippen molar-refractivity contribution < 1.29 is 23.4 Å². The molecule has 1 unspecified atom stereocenters. The second-order valence-electron chi connectivity index (χ2n) is 5.97. The number of pyridine rings is 1. The van der Waals surface area contributed by atoms with Gasteiger partial charge < -0.3 is 19.3 Å². The molecule has 0 spiro atoms. The molecule has 9 heteroatoms. The lowest BCUT2D eigenvalue weighted by Gasteiger charge is -2.34. The van der Waals surface area contributed by atoms with Gasteiger partial charge >= 0.3 is 5.97 Å². The van der Waals surface area contributed by atoms with Gasteiger partial charge in [0.25, 0.3) is 0 Å². The van der Waals surface area contributed by atoms with E-state index >= 15 is 4.39 Å². The molecule has 0 saturated carbocycles. The number of hydrogen-bond acceptors (Lipinski definition) is 4. The highest BCUT2D eigenvalue weighted by Gasteiger charge is 2.28. The number of hydrogen-bond donors (Lipinski definition) is 1. The van der Waals surface area contributed by atoms with Crippen LogP contribution in [0.2, 0.25) is 0 Å². The van der Waals surface area contributed by atoms with Crippen LogP contribution in [0.1, 0.15) is 17.3 Å². The molecule has 0 bridgehead atoms. The Morgan fingerprint density at radius 1 is 1.46 bits per heavy atom. The van der Waals surface area contributed by atoms with Crippen molar-refractivity contribution in [3.63, 3.8) is 0 Å². The molecule has 1 aliphatic rings. The molecule has 1 saturated heterocycles. The van der Waals surface area contributed by atoms with E-state index in [-0.39, 0.29) is 54.8 Å². The minimum absolute atomic E-state index is 0.118. The second kappa shape index (κ2) is 7.20. The molecule has 1 aliphatic heterocycles. The quantitative estimate of drug-likeness (QED) is 0.817. The van der Waals surface area contributed by atoms with Crippen LogP contribution >= 0.6 is 11.6 Å². The molecule has 26 heavy (non-hydrogen) atoms. The SMILES string of the molecule is CCn1cc(C(=O)O)c(=O)c2cc(F)c(N3CCOC(CCl)C3)c(F)c21. The molecule has 1 atom stereocenters. The zero-order valence-corrected chi connectivity index (χ0v) is 14.7. The van der Waals surface area contributed by atoms with Gasteiger partial charge in [-0.1, -0.05) is 0 Å². The Morgan fingerprint density at radius 2 is 2.19 bits per heavy atom. The number of fused-ring (bicyclic) bond motifs is 1. The molecule has 0 radical (unpaired) electrons. The third-order valence-electron chi connectivity index (χ3n) is 4.43. The van der Waals surface area contributed by atoms with Crippen LogP contribution in [0.25, 0.3) is 10.9 Å². The lowest BCUT2D eigenvalue weighted by atomic mass is 10.1. The van der Waals surface area contributed by atoms with Crippen molar-refractivity contribution in [3.8, 4) is 0 Å². The van der Waals surface area contributed by atoms with Gasteiger partial charge in [-0.15, -0.1) is 11.6 Å². The van der Waals surface area contributed by atoms with E-state index in [1.807, 2.05) is 0 Å². The largest absolute Gasteiger partial charge is 0.477 e. The first-order valence-electron chi connectivity index (χ1n) is 8.10. The minimum atomic E-state index is -1.44. The number of halogens is 3. The highest BCUT2D eigenvalue weighted by Crippen LogP contribution is 2.31. The summed E-state index contributed by atoms with van der Waals surface area (Å²) in [6.45, 7) is 2.65. The Hall–Kier alpha value is -2.19. The van der Waals surface area contributed by atoms with Gasteiger partial charge in [0.15, 0.2) is 5.82 Å². The Kier molecular flexibility index (Phi) is 5.15. The van der Waals surface area contributed by atoms with Crippen LogP contribution in [-0.4, -0.2) is 47.3 Å². The Morgan fingerprint density at radius 3 is 2.81 bits per heavy atom. The molecular formula is C17H17ClF2N2O4. The molecule has 1 fully saturated rings. The summed E-state index contributed by atoms with van der Waals surface area (Å²) in [5.74, 6) is -3.07. The number of morpholine rings is 1. The summed E-state index contributed by atoms with van der Waals surface area (Å²) < 4.78 is 36.7. The molecule has 140 valence electrons. The smallest absolute Gasteiger partial charge is 0.341 e. The second-order valence-corrected chi connectivity index (χ2v) is 6.28. The molecule has 3 rings (SSSR count). The number of aromatic carboxylic acids is 1. The zero-order valence-electron chi connectivity index (χ0n) is 14.0. The maximum atomic E-state index is 15.2. The summed E-state index contributed by atoms with van der Waals surface area (Å²) in [5, 5.41) is 8.86. The predicted molar refractivity (Wildman–Crippen MR) is 93.4 cm³/mol. The number of benzene rings is 1. The average molecular weight is 387 g/mol. The number of aryl methyl sites for hydroxylation is 1. The van der Waals surface area contributed by atoms with Crippen LogP contribution in [0, 0.1) is 11.6 Å². The van der Waals surface area contributed by atoms with E-state index in [2.05, 4.69) is 0 Å². The van der Waals surface area contributed by atoms with Crippen LogP contribution < -0.4 is 10.3 Å². The van der Waals surface area contributed by atoms with Crippen molar-refractivity contribution in [1.82, 2.24) is 4.57 Å². The zero-order chi connectivity index (χ0) is 19.0. The highest BCUT2D eigenvalue weighted by molar-refractivity contribution is 6.18. The van der Waals surface area contributed by atoms with E-state index in [0.29, 0.717) is 0 Å². The minimum Gasteiger partial charge on any atom is -0.477 e. The molecule has 2 heterocycles. The van der Waals surface area contributed by atoms with Crippen molar-refractivity contribution in [2.45, 2.75) is 19.6 Å². The van der Waals surface area contributed by atoms with E-state index in [0.717, 1.165) is 12.3 Å². The van der Waals surface area contributed by atoms with Gasteiger partial charge in [-0.3, -0.25) is 4.79 Å². The van der Waals surface area contributed by atoms with Crippen molar-refractivity contribution in [2.75, 3.05) is 30.5 Å². The number of carboxylic acids is 1. The van der Waals surface area contributed by atoms with Gasteiger partial charge in [0.05, 0.1) is 29.5 Å². The molecule has 0 aliphatic carbocycles. The first-order valence-corrected chi connectivity index (χ1v) is 8.63. The lowest BCUT2D eigenvalue weighted by molar-refractivity contribution is 0.0550. The van der Waals surface area contributed by atoms with Gasteiger partial charge in [-0.05, 0) is 13.0 Å². The molecule has 6 nitrogen and oxygen atoms in total. The fourth-order valence-electron chi connectivity index (χ4n) is 3.18. The Labute approximate surface area is 152 Å². The van der Waals surface area contributed by atoms with Crippen molar-refractivity contribution in [2.24, 2.45) is 0 Å². The van der Waals surface area contributed by atoms with Gasteiger partial charge in [-0.2, -0.15) is 0 Å².